The summed E-state index contributed by atoms with van der Waals surface area (Å²) in [6, 6.07) is 2.32. The predicted molar refractivity (Wildman–Crippen MR) is 69.0 cm³/mol. The van der Waals surface area contributed by atoms with Crippen LogP contribution in [0.25, 0.3) is 0 Å². The second-order valence-corrected chi connectivity index (χ2v) is 6.08. The summed E-state index contributed by atoms with van der Waals surface area (Å²) < 4.78 is 39.5. The summed E-state index contributed by atoms with van der Waals surface area (Å²) in [6.45, 7) is 3.26. The van der Waals surface area contributed by atoms with Gasteiger partial charge >= 0.3 is 0 Å². The number of anilines is 1. The number of nitrogens with one attached hydrogen (secondary N) is 1. The molecule has 1 aromatic rings. The highest BCUT2D eigenvalue weighted by atomic mass is 32.2. The van der Waals surface area contributed by atoms with Crippen LogP contribution in [0.5, 0.6) is 0 Å². The summed E-state index contributed by atoms with van der Waals surface area (Å²) in [5, 5.41) is 0. The molecule has 0 aromatic heterocycles. The standard InChI is InChI=1S/C11H16FN3O3S/c1-6(2)10(11(14)16)15-19(17,18)8-5-3-4-7(12)9(8)13/h3-6,10,15H,13H2,1-2H3,(H2,14,16). The largest absolute Gasteiger partial charge is 0.395 e. The molecule has 0 spiro atoms. The molecule has 1 rings (SSSR count). The Morgan fingerprint density at radius 2 is 1.95 bits per heavy atom. The maximum absolute atomic E-state index is 13.3. The van der Waals surface area contributed by atoms with Crippen LogP contribution in [-0.4, -0.2) is 20.4 Å². The zero-order valence-corrected chi connectivity index (χ0v) is 11.4. The minimum atomic E-state index is -4.12. The molecule has 6 nitrogen and oxygen atoms in total. The molecule has 0 aliphatic carbocycles. The van der Waals surface area contributed by atoms with Crippen molar-refractivity contribution in [2.45, 2.75) is 24.8 Å². The van der Waals surface area contributed by atoms with Crippen LogP contribution in [0.15, 0.2) is 23.1 Å². The molecule has 0 aliphatic heterocycles. The molecule has 0 aliphatic rings. The first-order chi connectivity index (χ1) is 8.66. The maximum Gasteiger partial charge on any atom is 0.243 e. The highest BCUT2D eigenvalue weighted by molar-refractivity contribution is 7.89. The van der Waals surface area contributed by atoms with Gasteiger partial charge in [-0.15, -0.1) is 0 Å². The molecule has 5 N–H and O–H groups in total. The van der Waals surface area contributed by atoms with Gasteiger partial charge in [0.25, 0.3) is 0 Å². The van der Waals surface area contributed by atoms with E-state index >= 15 is 0 Å². The third-order valence-corrected chi connectivity index (χ3v) is 4.06. The number of halogens is 1. The molecule has 1 atom stereocenters. The number of primary amides is 1. The lowest BCUT2D eigenvalue weighted by molar-refractivity contribution is -0.120. The summed E-state index contributed by atoms with van der Waals surface area (Å²) in [6.07, 6.45) is 0. The Hall–Kier alpha value is -1.67. The van der Waals surface area contributed by atoms with Gasteiger partial charge in [-0.3, -0.25) is 4.79 Å². The minimum Gasteiger partial charge on any atom is -0.395 e. The van der Waals surface area contributed by atoms with Crippen molar-refractivity contribution in [3.8, 4) is 0 Å². The number of carbonyl (C=O) groups is 1. The fraction of sp³-hybridized carbons (Fsp3) is 0.364. The van der Waals surface area contributed by atoms with Gasteiger partial charge < -0.3 is 11.5 Å². The van der Waals surface area contributed by atoms with Crippen LogP contribution in [0.3, 0.4) is 0 Å². The molecule has 1 unspecified atom stereocenters. The monoisotopic (exact) mass is 289 g/mol. The fourth-order valence-corrected chi connectivity index (χ4v) is 3.00. The molecule has 0 radical (unpaired) electrons. The van der Waals surface area contributed by atoms with Gasteiger partial charge in [0, 0.05) is 0 Å². The first kappa shape index (κ1) is 15.4. The first-order valence-electron chi connectivity index (χ1n) is 5.52. The van der Waals surface area contributed by atoms with Gasteiger partial charge in [0.05, 0.1) is 5.69 Å². The van der Waals surface area contributed by atoms with Crippen molar-refractivity contribution in [2.75, 3.05) is 5.73 Å². The summed E-state index contributed by atoms with van der Waals surface area (Å²) in [4.78, 5) is 10.8. The van der Waals surface area contributed by atoms with Crippen molar-refractivity contribution in [1.29, 1.82) is 0 Å². The number of amides is 1. The molecule has 8 heteroatoms. The molecule has 0 fully saturated rings. The Labute approximate surface area is 111 Å². The summed E-state index contributed by atoms with van der Waals surface area (Å²) in [5.74, 6) is -2.00. The van der Waals surface area contributed by atoms with Crippen LogP contribution >= 0.6 is 0 Å². The number of benzene rings is 1. The van der Waals surface area contributed by atoms with E-state index in [4.69, 9.17) is 11.5 Å². The van der Waals surface area contributed by atoms with Gasteiger partial charge in [0.1, 0.15) is 16.8 Å². The van der Waals surface area contributed by atoms with Crippen molar-refractivity contribution in [1.82, 2.24) is 4.72 Å². The number of rotatable bonds is 5. The molecular weight excluding hydrogens is 273 g/mol. The first-order valence-corrected chi connectivity index (χ1v) is 7.00. The number of nitrogens with two attached hydrogens (primary N) is 2. The number of para-hydroxylation sites is 1. The second kappa shape index (κ2) is 5.54. The van der Waals surface area contributed by atoms with Crippen molar-refractivity contribution in [3.63, 3.8) is 0 Å². The Kier molecular flexibility index (Phi) is 4.48. The van der Waals surface area contributed by atoms with E-state index in [2.05, 4.69) is 4.72 Å². The van der Waals surface area contributed by atoms with E-state index in [1.165, 1.54) is 6.07 Å². The van der Waals surface area contributed by atoms with Crippen LogP contribution in [-0.2, 0) is 14.8 Å². The van der Waals surface area contributed by atoms with E-state index in [9.17, 15) is 17.6 Å². The third-order valence-electron chi connectivity index (χ3n) is 2.56. The van der Waals surface area contributed by atoms with Crippen molar-refractivity contribution in [3.05, 3.63) is 24.0 Å². The fourth-order valence-electron chi connectivity index (χ4n) is 1.50. The Morgan fingerprint density at radius 1 is 1.37 bits per heavy atom. The van der Waals surface area contributed by atoms with Gasteiger partial charge in [0.15, 0.2) is 0 Å². The quantitative estimate of drug-likeness (QED) is 0.671. The molecule has 0 saturated carbocycles. The number of nitrogen functional groups attached to an aromatic ring is 1. The van der Waals surface area contributed by atoms with Gasteiger partial charge in [-0.25, -0.2) is 12.8 Å². The van der Waals surface area contributed by atoms with Crippen LogP contribution in [0, 0.1) is 11.7 Å². The Bertz CT molecular complexity index is 587. The average Bonchev–Trinajstić information content (AvgIpc) is 2.28. The lowest BCUT2D eigenvalue weighted by atomic mass is 10.1. The van der Waals surface area contributed by atoms with Crippen LogP contribution in [0.2, 0.25) is 0 Å². The van der Waals surface area contributed by atoms with Crippen molar-refractivity contribution < 1.29 is 17.6 Å². The van der Waals surface area contributed by atoms with Crippen LogP contribution in [0.1, 0.15) is 13.8 Å². The zero-order chi connectivity index (χ0) is 14.8. The van der Waals surface area contributed by atoms with E-state index in [0.717, 1.165) is 12.1 Å². The van der Waals surface area contributed by atoms with E-state index in [-0.39, 0.29) is 5.92 Å². The number of hydrogen-bond acceptors (Lipinski definition) is 4. The maximum atomic E-state index is 13.3. The van der Waals surface area contributed by atoms with Gasteiger partial charge in [-0.2, -0.15) is 4.72 Å². The predicted octanol–water partition coefficient (Wildman–Crippen LogP) is 0.196. The summed E-state index contributed by atoms with van der Waals surface area (Å²) in [7, 11) is -4.12. The smallest absolute Gasteiger partial charge is 0.243 e. The minimum absolute atomic E-state index is 0.345. The lowest BCUT2D eigenvalue weighted by Gasteiger charge is -2.19. The zero-order valence-electron chi connectivity index (χ0n) is 10.6. The third kappa shape index (κ3) is 3.42. The number of carbonyl (C=O) groups excluding carboxylic acids is 1. The molecule has 0 saturated heterocycles. The van der Waals surface area contributed by atoms with E-state index < -0.39 is 38.4 Å². The molecule has 0 bridgehead atoms. The number of hydrogen-bond donors (Lipinski definition) is 3. The number of sulfonamides is 1. The Balaban J connectivity index is 3.18. The normalized spacial score (nSPS) is 13.5. The summed E-state index contributed by atoms with van der Waals surface area (Å²) in [5.41, 5.74) is 10.0. The van der Waals surface area contributed by atoms with Gasteiger partial charge in [-0.1, -0.05) is 19.9 Å². The van der Waals surface area contributed by atoms with Crippen LogP contribution in [0.4, 0.5) is 10.1 Å². The molecule has 19 heavy (non-hydrogen) atoms. The van der Waals surface area contributed by atoms with Crippen molar-refractivity contribution >= 4 is 21.6 Å². The highest BCUT2D eigenvalue weighted by Crippen LogP contribution is 2.21. The Morgan fingerprint density at radius 3 is 2.42 bits per heavy atom. The van der Waals surface area contributed by atoms with E-state index in [0.29, 0.717) is 0 Å². The second-order valence-electron chi connectivity index (χ2n) is 4.40. The highest BCUT2D eigenvalue weighted by Gasteiger charge is 2.28. The topological polar surface area (TPSA) is 115 Å². The lowest BCUT2D eigenvalue weighted by Crippen LogP contribution is -2.47. The van der Waals surface area contributed by atoms with E-state index in [1.807, 2.05) is 0 Å². The SMILES string of the molecule is CC(C)C(NS(=O)(=O)c1cccc(F)c1N)C(N)=O. The van der Waals surface area contributed by atoms with Gasteiger partial charge in [-0.05, 0) is 18.1 Å². The molecule has 106 valence electrons. The molecular formula is C11H16FN3O3S. The van der Waals surface area contributed by atoms with Crippen molar-refractivity contribution in [2.24, 2.45) is 11.7 Å². The average molecular weight is 289 g/mol. The van der Waals surface area contributed by atoms with Crippen LogP contribution < -0.4 is 16.2 Å². The molecule has 1 amide bonds. The van der Waals surface area contributed by atoms with E-state index in [1.54, 1.807) is 13.8 Å². The van der Waals surface area contributed by atoms with Gasteiger partial charge in [0.2, 0.25) is 15.9 Å². The molecule has 1 aromatic carbocycles. The molecule has 0 heterocycles. The summed E-state index contributed by atoms with van der Waals surface area (Å²) >= 11 is 0.